The minimum atomic E-state index is -2.88. The first kappa shape index (κ1) is 19.4. The third-order valence-corrected chi connectivity index (χ3v) is 5.56. The number of hydrogen-bond donors (Lipinski definition) is 1. The summed E-state index contributed by atoms with van der Waals surface area (Å²) in [4.78, 5) is 21.6. The van der Waals surface area contributed by atoms with Gasteiger partial charge in [-0.2, -0.15) is 0 Å². The maximum Gasteiger partial charge on any atom is 0.266 e. The van der Waals surface area contributed by atoms with E-state index in [1.54, 1.807) is 24.6 Å². The van der Waals surface area contributed by atoms with Gasteiger partial charge in [-0.05, 0) is 33.6 Å². The average molecular weight is 402 g/mol. The molecule has 5 nitrogen and oxygen atoms in total. The van der Waals surface area contributed by atoms with Crippen LogP contribution >= 0.6 is 0 Å². The maximum atomic E-state index is 14.4. The quantitative estimate of drug-likeness (QED) is 0.677. The fourth-order valence-corrected chi connectivity index (χ4v) is 3.50. The van der Waals surface area contributed by atoms with Crippen LogP contribution in [0.5, 0.6) is 0 Å². The summed E-state index contributed by atoms with van der Waals surface area (Å²) >= 11 is 0. The number of hydrogen-bond acceptors (Lipinski definition) is 4. The molecule has 0 atom stereocenters. The van der Waals surface area contributed by atoms with Crippen LogP contribution in [0.15, 0.2) is 29.2 Å². The SMILES string of the molecule is Cc1nc(NCc2cccc(C(F)F)c2F)c2cn(C3(C)CC3)c(=O)c(C)c2n1. The molecule has 8 heteroatoms. The summed E-state index contributed by atoms with van der Waals surface area (Å²) in [7, 11) is 0. The van der Waals surface area contributed by atoms with Crippen molar-refractivity contribution in [2.24, 2.45) is 0 Å². The number of aryl methyl sites for hydroxylation is 2. The number of nitrogens with one attached hydrogen (secondary N) is 1. The predicted molar refractivity (Wildman–Crippen MR) is 105 cm³/mol. The van der Waals surface area contributed by atoms with Gasteiger partial charge in [0.1, 0.15) is 17.5 Å². The van der Waals surface area contributed by atoms with Crippen molar-refractivity contribution >= 4 is 16.7 Å². The van der Waals surface area contributed by atoms with E-state index >= 15 is 0 Å². The molecule has 0 unspecified atom stereocenters. The van der Waals surface area contributed by atoms with Crippen molar-refractivity contribution in [3.8, 4) is 0 Å². The van der Waals surface area contributed by atoms with Crippen LogP contribution in [0.2, 0.25) is 0 Å². The van der Waals surface area contributed by atoms with Crippen molar-refractivity contribution in [1.29, 1.82) is 0 Å². The number of alkyl halides is 2. The number of anilines is 1. The first-order chi connectivity index (χ1) is 13.7. The van der Waals surface area contributed by atoms with Gasteiger partial charge in [-0.3, -0.25) is 4.79 Å². The van der Waals surface area contributed by atoms with Crippen molar-refractivity contribution < 1.29 is 13.2 Å². The number of pyridine rings is 1. The molecular weight excluding hydrogens is 381 g/mol. The largest absolute Gasteiger partial charge is 0.365 e. The molecule has 4 rings (SSSR count). The molecule has 0 radical (unpaired) electrons. The Kier molecular flexibility index (Phi) is 4.59. The van der Waals surface area contributed by atoms with E-state index in [9.17, 15) is 18.0 Å². The number of benzene rings is 1. The molecule has 2 heterocycles. The van der Waals surface area contributed by atoms with E-state index in [0.717, 1.165) is 18.9 Å². The van der Waals surface area contributed by atoms with Crippen molar-refractivity contribution in [3.63, 3.8) is 0 Å². The average Bonchev–Trinajstić information content (AvgIpc) is 3.42. The number of rotatable bonds is 5. The fraction of sp³-hybridized carbons (Fsp3) is 0.381. The van der Waals surface area contributed by atoms with Crippen molar-refractivity contribution in [3.05, 3.63) is 63.1 Å². The number of nitrogens with zero attached hydrogens (tertiary/aromatic N) is 3. The Bertz CT molecular complexity index is 1170. The second kappa shape index (κ2) is 6.86. The molecule has 0 bridgehead atoms. The Morgan fingerprint density at radius 3 is 2.62 bits per heavy atom. The van der Waals surface area contributed by atoms with E-state index in [1.165, 1.54) is 12.1 Å². The lowest BCUT2D eigenvalue weighted by Crippen LogP contribution is -2.30. The summed E-state index contributed by atoms with van der Waals surface area (Å²) in [5, 5.41) is 3.69. The van der Waals surface area contributed by atoms with E-state index in [1.807, 2.05) is 6.92 Å². The third kappa shape index (κ3) is 3.36. The molecule has 1 fully saturated rings. The maximum absolute atomic E-state index is 14.4. The minimum Gasteiger partial charge on any atom is -0.365 e. The van der Waals surface area contributed by atoms with E-state index in [2.05, 4.69) is 15.3 Å². The van der Waals surface area contributed by atoms with Gasteiger partial charge in [0, 0.05) is 29.4 Å². The van der Waals surface area contributed by atoms with Gasteiger partial charge < -0.3 is 9.88 Å². The van der Waals surface area contributed by atoms with Crippen molar-refractivity contribution in [2.45, 2.75) is 52.1 Å². The lowest BCUT2D eigenvalue weighted by Gasteiger charge is -2.18. The monoisotopic (exact) mass is 402 g/mol. The van der Waals surface area contributed by atoms with Crippen LogP contribution in [0.3, 0.4) is 0 Å². The molecular formula is C21H21F3N4O. The smallest absolute Gasteiger partial charge is 0.266 e. The molecule has 0 aliphatic heterocycles. The summed E-state index contributed by atoms with van der Waals surface area (Å²) in [5.74, 6) is -0.0289. The van der Waals surface area contributed by atoms with Crippen LogP contribution < -0.4 is 10.9 Å². The number of aromatic nitrogens is 3. The van der Waals surface area contributed by atoms with Crippen LogP contribution in [0.25, 0.3) is 10.9 Å². The second-order valence-corrected chi connectivity index (χ2v) is 7.78. The molecule has 1 aliphatic carbocycles. The topological polar surface area (TPSA) is 59.8 Å². The van der Waals surface area contributed by atoms with Gasteiger partial charge in [-0.1, -0.05) is 18.2 Å². The fourth-order valence-electron chi connectivity index (χ4n) is 3.50. The van der Waals surface area contributed by atoms with Crippen LogP contribution in [-0.2, 0) is 12.1 Å². The molecule has 3 aromatic rings. The van der Waals surface area contributed by atoms with Crippen molar-refractivity contribution in [1.82, 2.24) is 14.5 Å². The Morgan fingerprint density at radius 2 is 1.97 bits per heavy atom. The molecule has 1 N–H and O–H groups in total. The Morgan fingerprint density at radius 1 is 1.24 bits per heavy atom. The van der Waals surface area contributed by atoms with E-state index < -0.39 is 17.8 Å². The summed E-state index contributed by atoms with van der Waals surface area (Å²) in [6, 6.07) is 3.93. The molecule has 29 heavy (non-hydrogen) atoms. The molecule has 0 saturated heterocycles. The molecule has 0 amide bonds. The highest BCUT2D eigenvalue weighted by atomic mass is 19.3. The van der Waals surface area contributed by atoms with Gasteiger partial charge in [-0.25, -0.2) is 23.1 Å². The molecule has 1 aliphatic rings. The lowest BCUT2D eigenvalue weighted by molar-refractivity contribution is 0.146. The summed E-state index contributed by atoms with van der Waals surface area (Å²) in [5.41, 5.74) is 0.251. The highest BCUT2D eigenvalue weighted by Crippen LogP contribution is 2.42. The zero-order valence-corrected chi connectivity index (χ0v) is 16.4. The molecule has 1 aromatic carbocycles. The molecule has 2 aromatic heterocycles. The predicted octanol–water partition coefficient (Wildman–Crippen LogP) is 4.61. The van der Waals surface area contributed by atoms with Crippen LogP contribution in [0.1, 0.15) is 48.7 Å². The van der Waals surface area contributed by atoms with Crippen molar-refractivity contribution in [2.75, 3.05) is 5.32 Å². The highest BCUT2D eigenvalue weighted by Gasteiger charge is 2.40. The van der Waals surface area contributed by atoms with E-state index in [0.29, 0.717) is 28.1 Å². The Labute approximate surface area is 165 Å². The Balaban J connectivity index is 1.77. The van der Waals surface area contributed by atoms with Crippen LogP contribution in [0, 0.1) is 19.7 Å². The molecule has 0 spiro atoms. The zero-order valence-electron chi connectivity index (χ0n) is 16.4. The van der Waals surface area contributed by atoms with E-state index in [4.69, 9.17) is 0 Å². The molecule has 1 saturated carbocycles. The van der Waals surface area contributed by atoms with Gasteiger partial charge >= 0.3 is 0 Å². The van der Waals surface area contributed by atoms with Gasteiger partial charge in [0.15, 0.2) is 0 Å². The standard InChI is InChI=1S/C21H21F3N4O/c1-11-17-15(10-28(20(11)29)21(3)7-8-21)19(27-12(2)26-17)25-9-13-5-4-6-14(16(13)22)18(23)24/h4-6,10,18H,7-9H2,1-3H3,(H,25,26,27). The summed E-state index contributed by atoms with van der Waals surface area (Å²) in [6.45, 7) is 5.44. The van der Waals surface area contributed by atoms with Gasteiger partial charge in [-0.15, -0.1) is 0 Å². The van der Waals surface area contributed by atoms with Gasteiger partial charge in [0.2, 0.25) is 0 Å². The van der Waals surface area contributed by atoms with Gasteiger partial charge in [0.05, 0.1) is 16.5 Å². The summed E-state index contributed by atoms with van der Waals surface area (Å²) in [6.07, 6.45) is 0.692. The summed E-state index contributed by atoms with van der Waals surface area (Å²) < 4.78 is 42.0. The van der Waals surface area contributed by atoms with Crippen LogP contribution in [0.4, 0.5) is 19.0 Å². The zero-order chi connectivity index (χ0) is 20.9. The number of halogens is 3. The lowest BCUT2D eigenvalue weighted by atomic mass is 10.1. The highest BCUT2D eigenvalue weighted by molar-refractivity contribution is 5.90. The Hall–Kier alpha value is -2.90. The third-order valence-electron chi connectivity index (χ3n) is 5.56. The first-order valence-corrected chi connectivity index (χ1v) is 9.41. The van der Waals surface area contributed by atoms with Gasteiger partial charge in [0.25, 0.3) is 12.0 Å². The second-order valence-electron chi connectivity index (χ2n) is 7.78. The number of fused-ring (bicyclic) bond motifs is 1. The van der Waals surface area contributed by atoms with Crippen LogP contribution in [-0.4, -0.2) is 14.5 Å². The first-order valence-electron chi connectivity index (χ1n) is 9.41. The normalized spacial score (nSPS) is 15.1. The van der Waals surface area contributed by atoms with E-state index in [-0.39, 0.29) is 23.2 Å². The molecule has 152 valence electrons. The minimum absolute atomic E-state index is 0.0204.